The summed E-state index contributed by atoms with van der Waals surface area (Å²) in [5, 5.41) is 0. The number of nitrogens with one attached hydrogen (secondary N) is 1. The van der Waals surface area contributed by atoms with Crippen LogP contribution in [-0.4, -0.2) is 13.9 Å². The Labute approximate surface area is 111 Å². The molecule has 16 heavy (non-hydrogen) atoms. The summed E-state index contributed by atoms with van der Waals surface area (Å²) >= 11 is 9.91. The summed E-state index contributed by atoms with van der Waals surface area (Å²) in [5.41, 5.74) is 1.03. The molecule has 1 N–H and O–H groups in total. The van der Waals surface area contributed by atoms with Crippen molar-refractivity contribution in [2.75, 3.05) is 0 Å². The van der Waals surface area contributed by atoms with Crippen LogP contribution in [0.25, 0.3) is 0 Å². The lowest BCUT2D eigenvalue weighted by Crippen LogP contribution is -1.99. The van der Waals surface area contributed by atoms with Gasteiger partial charge in [0.2, 0.25) is 0 Å². The first-order valence-corrected chi connectivity index (χ1v) is 6.56. The molecule has 2 heterocycles. The molecule has 2 aromatic rings. The number of H-pyrrole nitrogens is 1. The van der Waals surface area contributed by atoms with Crippen LogP contribution in [0, 0.1) is 4.77 Å². The van der Waals surface area contributed by atoms with E-state index in [1.807, 2.05) is 17.8 Å². The molecule has 0 aromatic carbocycles. The first-order valence-electron chi connectivity index (χ1n) is 4.58. The topological polar surface area (TPSA) is 42.8 Å². The van der Waals surface area contributed by atoms with E-state index in [-0.39, 0.29) is 0 Å². The van der Waals surface area contributed by atoms with Crippen LogP contribution in [0.3, 0.4) is 0 Å². The monoisotopic (exact) mass is 319 g/mol. The van der Waals surface area contributed by atoms with Crippen LogP contribution in [0.5, 0.6) is 0 Å². The molecule has 0 aliphatic carbocycles. The van der Waals surface area contributed by atoms with E-state index < -0.39 is 0 Å². The van der Waals surface area contributed by atoms with E-state index in [0.717, 1.165) is 15.0 Å². The molecule has 2 rings (SSSR count). The van der Waals surface area contributed by atoms with Crippen LogP contribution in [0.1, 0.15) is 10.6 Å². The summed E-state index contributed by atoms with van der Waals surface area (Å²) in [7, 11) is 1.92. The van der Waals surface area contributed by atoms with Crippen molar-refractivity contribution in [3.8, 4) is 0 Å². The Hall–Kier alpha value is -0.500. The fourth-order valence-corrected chi connectivity index (χ4v) is 2.51. The number of aromatic nitrogens is 3. The number of hydrogen-bond donors (Lipinski definition) is 1. The molecule has 0 unspecified atom stereocenters. The molecule has 2 aromatic heterocycles. The quantitative estimate of drug-likeness (QED) is 0.881. The van der Waals surface area contributed by atoms with Crippen molar-refractivity contribution in [3.05, 3.63) is 32.2 Å². The third kappa shape index (κ3) is 2.60. The van der Waals surface area contributed by atoms with E-state index in [1.54, 1.807) is 6.20 Å². The minimum atomic E-state index is 0.536. The highest BCUT2D eigenvalue weighted by molar-refractivity contribution is 9.10. The van der Waals surface area contributed by atoms with Gasteiger partial charge < -0.3 is 14.3 Å². The first kappa shape index (κ1) is 12.0. The average Bonchev–Trinajstić information content (AvgIpc) is 2.80. The molecule has 86 valence electrons. The highest BCUT2D eigenvalue weighted by Gasteiger charge is 2.04. The summed E-state index contributed by atoms with van der Waals surface area (Å²) in [5.74, 6) is 0. The molecule has 0 aliphatic heterocycles. The molecule has 7 heteroatoms. The van der Waals surface area contributed by atoms with Gasteiger partial charge in [-0.2, -0.15) is 4.37 Å². The Kier molecular flexibility index (Phi) is 3.91. The molecule has 0 aliphatic rings. The lowest BCUT2D eigenvalue weighted by molar-refractivity contribution is 0.104. The van der Waals surface area contributed by atoms with Gasteiger partial charge >= 0.3 is 0 Å². The zero-order valence-electron chi connectivity index (χ0n) is 8.57. The zero-order valence-corrected chi connectivity index (χ0v) is 11.8. The molecule has 0 fully saturated rings. The Morgan fingerprint density at radius 3 is 3.00 bits per heavy atom. The second-order valence-electron chi connectivity index (χ2n) is 3.23. The van der Waals surface area contributed by atoms with Crippen LogP contribution < -0.4 is 0 Å². The van der Waals surface area contributed by atoms with Gasteiger partial charge in [0.05, 0.1) is 34.5 Å². The minimum absolute atomic E-state index is 0.536. The Morgan fingerprint density at radius 2 is 2.44 bits per heavy atom. The molecular weight excluding hydrogens is 310 g/mol. The minimum Gasteiger partial charge on any atom is -0.370 e. The van der Waals surface area contributed by atoms with E-state index in [0.29, 0.717) is 18.0 Å². The molecule has 0 amide bonds. The van der Waals surface area contributed by atoms with Crippen molar-refractivity contribution >= 4 is 39.7 Å². The molecule has 4 nitrogen and oxygen atoms in total. The SMILES string of the molecule is Cn1c(COCc2sncc2Br)c[nH]c1=S. The van der Waals surface area contributed by atoms with Gasteiger partial charge in [0.25, 0.3) is 0 Å². The number of halogens is 1. The molecular formula is C9H10BrN3OS2. The average molecular weight is 320 g/mol. The summed E-state index contributed by atoms with van der Waals surface area (Å²) in [6, 6.07) is 0. The molecule has 0 spiro atoms. The van der Waals surface area contributed by atoms with Gasteiger partial charge in [-0.15, -0.1) is 0 Å². The zero-order chi connectivity index (χ0) is 11.5. The lowest BCUT2D eigenvalue weighted by Gasteiger charge is -2.03. The van der Waals surface area contributed by atoms with E-state index in [4.69, 9.17) is 17.0 Å². The van der Waals surface area contributed by atoms with Gasteiger partial charge in [-0.3, -0.25) is 0 Å². The number of imidazole rings is 1. The summed E-state index contributed by atoms with van der Waals surface area (Å²) in [4.78, 5) is 4.06. The van der Waals surface area contributed by atoms with Gasteiger partial charge in [0, 0.05) is 13.2 Å². The van der Waals surface area contributed by atoms with E-state index >= 15 is 0 Å². The second kappa shape index (κ2) is 5.22. The number of hydrogen-bond acceptors (Lipinski definition) is 4. The Bertz CT molecular complexity index is 531. The Morgan fingerprint density at radius 1 is 1.62 bits per heavy atom. The maximum atomic E-state index is 5.59. The maximum absolute atomic E-state index is 5.59. The van der Waals surface area contributed by atoms with Crippen molar-refractivity contribution in [3.63, 3.8) is 0 Å². The second-order valence-corrected chi connectivity index (χ2v) is 5.36. The Balaban J connectivity index is 1.92. The third-order valence-electron chi connectivity index (χ3n) is 2.18. The van der Waals surface area contributed by atoms with Crippen molar-refractivity contribution in [1.82, 2.24) is 13.9 Å². The van der Waals surface area contributed by atoms with E-state index in [2.05, 4.69) is 25.3 Å². The summed E-state index contributed by atoms with van der Waals surface area (Å²) in [6.45, 7) is 1.09. The van der Waals surface area contributed by atoms with Gasteiger partial charge in [-0.25, -0.2) is 0 Å². The van der Waals surface area contributed by atoms with Gasteiger partial charge in [-0.1, -0.05) is 0 Å². The largest absolute Gasteiger partial charge is 0.370 e. The predicted molar refractivity (Wildman–Crippen MR) is 68.9 cm³/mol. The van der Waals surface area contributed by atoms with Crippen molar-refractivity contribution in [2.45, 2.75) is 13.2 Å². The molecule has 0 atom stereocenters. The summed E-state index contributed by atoms with van der Waals surface area (Å²) in [6.07, 6.45) is 3.64. The highest BCUT2D eigenvalue weighted by atomic mass is 79.9. The lowest BCUT2D eigenvalue weighted by atomic mass is 10.5. The number of aromatic amines is 1. The maximum Gasteiger partial charge on any atom is 0.177 e. The van der Waals surface area contributed by atoms with Gasteiger partial charge in [-0.05, 0) is 39.7 Å². The number of ether oxygens (including phenoxy) is 1. The smallest absolute Gasteiger partial charge is 0.177 e. The van der Waals surface area contributed by atoms with Crippen molar-refractivity contribution in [2.24, 2.45) is 7.05 Å². The summed E-state index contributed by atoms with van der Waals surface area (Å²) < 4.78 is 13.3. The fourth-order valence-electron chi connectivity index (χ4n) is 1.20. The molecule has 0 saturated heterocycles. The molecule has 0 saturated carbocycles. The number of rotatable bonds is 4. The van der Waals surface area contributed by atoms with Crippen molar-refractivity contribution in [1.29, 1.82) is 0 Å². The molecule has 0 radical (unpaired) electrons. The predicted octanol–water partition coefficient (Wildman–Crippen LogP) is 3.02. The fraction of sp³-hybridized carbons (Fsp3) is 0.333. The van der Waals surface area contributed by atoms with Crippen LogP contribution in [0.2, 0.25) is 0 Å². The standard InChI is InChI=1S/C9H10BrN3OS2/c1-13-6(2-11-9(13)15)4-14-5-8-7(10)3-12-16-8/h2-3H,4-5H2,1H3,(H,11,15). The van der Waals surface area contributed by atoms with Crippen LogP contribution >= 0.6 is 39.7 Å². The van der Waals surface area contributed by atoms with Gasteiger partial charge in [0.15, 0.2) is 4.77 Å². The third-order valence-corrected chi connectivity index (χ3v) is 4.28. The van der Waals surface area contributed by atoms with Crippen LogP contribution in [0.15, 0.2) is 16.9 Å². The van der Waals surface area contributed by atoms with Gasteiger partial charge in [0.1, 0.15) is 0 Å². The number of nitrogens with zero attached hydrogens (tertiary/aromatic N) is 2. The van der Waals surface area contributed by atoms with Crippen LogP contribution in [0.4, 0.5) is 0 Å². The van der Waals surface area contributed by atoms with Crippen LogP contribution in [-0.2, 0) is 25.0 Å². The highest BCUT2D eigenvalue weighted by Crippen LogP contribution is 2.20. The molecule has 0 bridgehead atoms. The van der Waals surface area contributed by atoms with Crippen molar-refractivity contribution < 1.29 is 4.74 Å². The van der Waals surface area contributed by atoms with E-state index in [9.17, 15) is 0 Å². The first-order chi connectivity index (χ1) is 7.68. The normalized spacial score (nSPS) is 10.9. The van der Waals surface area contributed by atoms with E-state index in [1.165, 1.54) is 11.5 Å².